The molecule has 2 N–H and O–H groups in total. The van der Waals surface area contributed by atoms with Crippen molar-refractivity contribution in [3.63, 3.8) is 0 Å². The first-order chi connectivity index (χ1) is 9.38. The number of carbonyl (C=O) groups excluding carboxylic acids is 1. The first-order valence-corrected chi connectivity index (χ1v) is 7.32. The van der Waals surface area contributed by atoms with Gasteiger partial charge in [-0.15, -0.1) is 0 Å². The van der Waals surface area contributed by atoms with Crippen LogP contribution in [0.25, 0.3) is 0 Å². The van der Waals surface area contributed by atoms with Crippen molar-refractivity contribution >= 4 is 23.6 Å². The highest BCUT2D eigenvalue weighted by Gasteiger charge is 2.27. The average molecular weight is 295 g/mol. The smallest absolute Gasteiger partial charge is 0.340 e. The Kier molecular flexibility index (Phi) is 4.27. The van der Waals surface area contributed by atoms with E-state index in [9.17, 15) is 14.7 Å². The Morgan fingerprint density at radius 2 is 2.00 bits per heavy atom. The molecule has 1 atom stereocenters. The van der Waals surface area contributed by atoms with Gasteiger partial charge in [-0.1, -0.05) is 11.8 Å². The minimum absolute atomic E-state index is 0.0756. The zero-order chi connectivity index (χ0) is 14.9. The van der Waals surface area contributed by atoms with E-state index in [1.807, 2.05) is 0 Å². The maximum atomic E-state index is 11.9. The number of nitrogens with one attached hydrogen (secondary N) is 1. The summed E-state index contributed by atoms with van der Waals surface area (Å²) in [6, 6.07) is 0.290. The van der Waals surface area contributed by atoms with Gasteiger partial charge >= 0.3 is 5.97 Å². The van der Waals surface area contributed by atoms with Crippen molar-refractivity contribution in [1.29, 1.82) is 0 Å². The zero-order valence-corrected chi connectivity index (χ0v) is 12.5. The van der Waals surface area contributed by atoms with Crippen molar-refractivity contribution in [3.8, 4) is 0 Å². The molecule has 0 bridgehead atoms. The molecule has 7 heteroatoms. The van der Waals surface area contributed by atoms with Crippen LogP contribution in [0.5, 0.6) is 0 Å². The topological polar surface area (TPSA) is 92.2 Å². The second kappa shape index (κ2) is 5.78. The van der Waals surface area contributed by atoms with Crippen molar-refractivity contribution < 1.29 is 14.7 Å². The van der Waals surface area contributed by atoms with E-state index in [0.717, 1.165) is 24.6 Å². The Balaban J connectivity index is 2.18. The molecule has 2 rings (SSSR count). The molecule has 0 radical (unpaired) electrons. The Hall–Kier alpha value is -1.63. The second-order valence-corrected chi connectivity index (χ2v) is 6.21. The first-order valence-electron chi connectivity index (χ1n) is 6.44. The molecule has 1 aliphatic carbocycles. The van der Waals surface area contributed by atoms with Gasteiger partial charge in [0.15, 0.2) is 0 Å². The summed E-state index contributed by atoms with van der Waals surface area (Å²) in [7, 11) is 0. The van der Waals surface area contributed by atoms with Crippen LogP contribution in [0.1, 0.15) is 41.6 Å². The molecular weight excluding hydrogens is 278 g/mol. The summed E-state index contributed by atoms with van der Waals surface area (Å²) < 4.78 is 0. The van der Waals surface area contributed by atoms with Gasteiger partial charge in [-0.05, 0) is 33.6 Å². The van der Waals surface area contributed by atoms with Crippen LogP contribution in [-0.4, -0.2) is 38.2 Å². The van der Waals surface area contributed by atoms with Gasteiger partial charge < -0.3 is 10.4 Å². The summed E-state index contributed by atoms with van der Waals surface area (Å²) in [6.45, 7) is 5.09. The van der Waals surface area contributed by atoms with Crippen LogP contribution >= 0.6 is 11.8 Å². The predicted octanol–water partition coefficient (Wildman–Crippen LogP) is 1.55. The predicted molar refractivity (Wildman–Crippen MR) is 74.9 cm³/mol. The van der Waals surface area contributed by atoms with Gasteiger partial charge in [-0.3, -0.25) is 4.79 Å². The van der Waals surface area contributed by atoms with Crippen LogP contribution in [0.2, 0.25) is 0 Å². The minimum Gasteiger partial charge on any atom is -0.478 e. The lowest BCUT2D eigenvalue weighted by molar-refractivity contribution is -0.120. The van der Waals surface area contributed by atoms with Crippen molar-refractivity contribution in [3.05, 3.63) is 17.1 Å². The Bertz CT molecular complexity index is 558. The van der Waals surface area contributed by atoms with Crippen molar-refractivity contribution in [2.45, 2.75) is 49.9 Å². The fourth-order valence-corrected chi connectivity index (χ4v) is 2.83. The molecule has 1 amide bonds. The summed E-state index contributed by atoms with van der Waals surface area (Å²) in [5.41, 5.74) is 0.494. The van der Waals surface area contributed by atoms with Crippen LogP contribution in [0, 0.1) is 13.8 Å². The maximum Gasteiger partial charge on any atom is 0.340 e. The van der Waals surface area contributed by atoms with E-state index in [2.05, 4.69) is 15.3 Å². The highest BCUT2D eigenvalue weighted by atomic mass is 32.2. The number of amides is 1. The van der Waals surface area contributed by atoms with E-state index in [1.54, 1.807) is 20.8 Å². The minimum atomic E-state index is -1.07. The Morgan fingerprint density at radius 3 is 2.55 bits per heavy atom. The molecule has 1 aromatic rings. The van der Waals surface area contributed by atoms with Crippen molar-refractivity contribution in [2.75, 3.05) is 0 Å². The number of hydrogen-bond donors (Lipinski definition) is 2. The van der Waals surface area contributed by atoms with Gasteiger partial charge in [0.25, 0.3) is 0 Å². The normalized spacial score (nSPS) is 15.8. The number of aromatic nitrogens is 2. The third-order valence-corrected chi connectivity index (χ3v) is 4.05. The number of carbonyl (C=O) groups is 2. The fraction of sp³-hybridized carbons (Fsp3) is 0.538. The van der Waals surface area contributed by atoms with Crippen LogP contribution < -0.4 is 5.32 Å². The molecule has 1 saturated carbocycles. The summed E-state index contributed by atoms with van der Waals surface area (Å²) in [6.07, 6.45) is 2.05. The standard InChI is InChI=1S/C13H17N3O3S/c1-6-10(13(18)19)12(15-8(3)14-6)20-7(2)11(17)16-9-4-5-9/h7,9H,4-5H2,1-3H3,(H,16,17)(H,18,19). The van der Waals surface area contributed by atoms with E-state index in [1.165, 1.54) is 0 Å². The number of carboxylic acids is 1. The number of rotatable bonds is 5. The fourth-order valence-electron chi connectivity index (χ4n) is 1.78. The van der Waals surface area contributed by atoms with Gasteiger partial charge in [-0.25, -0.2) is 14.8 Å². The van der Waals surface area contributed by atoms with E-state index in [4.69, 9.17) is 0 Å². The molecule has 1 aliphatic rings. The van der Waals surface area contributed by atoms with Gasteiger partial charge in [0.1, 0.15) is 16.4 Å². The van der Waals surface area contributed by atoms with Crippen molar-refractivity contribution in [1.82, 2.24) is 15.3 Å². The SMILES string of the molecule is Cc1nc(C)c(C(=O)O)c(SC(C)C(=O)NC2CC2)n1. The van der Waals surface area contributed by atoms with Crippen LogP contribution in [-0.2, 0) is 4.79 Å². The summed E-state index contributed by atoms with van der Waals surface area (Å²) >= 11 is 1.16. The molecule has 0 saturated heterocycles. The van der Waals surface area contributed by atoms with Gasteiger partial charge in [0, 0.05) is 6.04 Å². The molecular formula is C13H17N3O3S. The lowest BCUT2D eigenvalue weighted by atomic mass is 10.2. The summed E-state index contributed by atoms with van der Waals surface area (Å²) in [5, 5.41) is 12.1. The summed E-state index contributed by atoms with van der Waals surface area (Å²) in [5.74, 6) is -0.646. The number of carboxylic acid groups (broad SMARTS) is 1. The van der Waals surface area contributed by atoms with Crippen LogP contribution in [0.3, 0.4) is 0 Å². The average Bonchev–Trinajstić information content (AvgIpc) is 3.10. The third kappa shape index (κ3) is 3.47. The van der Waals surface area contributed by atoms with Crippen LogP contribution in [0.4, 0.5) is 0 Å². The number of nitrogens with zero attached hydrogens (tertiary/aromatic N) is 2. The van der Waals surface area contributed by atoms with Gasteiger partial charge in [0.2, 0.25) is 5.91 Å². The largest absolute Gasteiger partial charge is 0.478 e. The highest BCUT2D eigenvalue weighted by molar-refractivity contribution is 8.00. The molecule has 1 fully saturated rings. The van der Waals surface area contributed by atoms with E-state index in [-0.39, 0.29) is 16.7 Å². The number of aromatic carboxylic acids is 1. The lowest BCUT2D eigenvalue weighted by Gasteiger charge is -2.13. The monoisotopic (exact) mass is 295 g/mol. The molecule has 0 aromatic carbocycles. The van der Waals surface area contributed by atoms with Gasteiger partial charge in [-0.2, -0.15) is 0 Å². The number of thioether (sulfide) groups is 1. The van der Waals surface area contributed by atoms with E-state index < -0.39 is 5.97 Å². The highest BCUT2D eigenvalue weighted by Crippen LogP contribution is 2.28. The molecule has 1 unspecified atom stereocenters. The second-order valence-electron chi connectivity index (χ2n) is 4.88. The summed E-state index contributed by atoms with van der Waals surface area (Å²) in [4.78, 5) is 31.4. The first kappa shape index (κ1) is 14.8. The van der Waals surface area contributed by atoms with Gasteiger partial charge in [0.05, 0.1) is 10.9 Å². The molecule has 0 spiro atoms. The quantitative estimate of drug-likeness (QED) is 0.632. The van der Waals surface area contributed by atoms with E-state index >= 15 is 0 Å². The van der Waals surface area contributed by atoms with E-state index in [0.29, 0.717) is 22.6 Å². The zero-order valence-electron chi connectivity index (χ0n) is 11.6. The molecule has 1 heterocycles. The molecule has 20 heavy (non-hydrogen) atoms. The van der Waals surface area contributed by atoms with Crippen molar-refractivity contribution in [2.24, 2.45) is 0 Å². The lowest BCUT2D eigenvalue weighted by Crippen LogP contribution is -2.32. The molecule has 0 aliphatic heterocycles. The third-order valence-electron chi connectivity index (χ3n) is 2.96. The molecule has 6 nitrogen and oxygen atoms in total. The molecule has 108 valence electrons. The number of hydrogen-bond acceptors (Lipinski definition) is 5. The maximum absolute atomic E-state index is 11.9. The Labute approximate surface area is 121 Å². The number of aryl methyl sites for hydroxylation is 2. The molecule has 1 aromatic heterocycles. The van der Waals surface area contributed by atoms with Crippen LogP contribution in [0.15, 0.2) is 5.03 Å². The Morgan fingerprint density at radius 1 is 1.35 bits per heavy atom.